The van der Waals surface area contributed by atoms with Gasteiger partial charge in [0.2, 0.25) is 5.91 Å². The number of rotatable bonds is 6. The minimum atomic E-state index is -0.0970. The van der Waals surface area contributed by atoms with E-state index >= 15 is 0 Å². The summed E-state index contributed by atoms with van der Waals surface area (Å²) in [7, 11) is 1.72. The summed E-state index contributed by atoms with van der Waals surface area (Å²) in [5, 5.41) is 9.32. The van der Waals surface area contributed by atoms with Crippen LogP contribution in [0.1, 0.15) is 25.3 Å². The van der Waals surface area contributed by atoms with Gasteiger partial charge in [-0.1, -0.05) is 28.9 Å². The van der Waals surface area contributed by atoms with Gasteiger partial charge in [-0.2, -0.15) is 0 Å². The molecule has 2 rings (SSSR count). The second-order valence-electron chi connectivity index (χ2n) is 6.24. The van der Waals surface area contributed by atoms with Gasteiger partial charge in [0, 0.05) is 29.8 Å². The maximum Gasteiger partial charge on any atom is 0.243 e. The molecule has 1 aromatic rings. The normalized spacial score (nSPS) is 17.5. The number of nitrogens with one attached hydrogen (secondary N) is 3. The lowest BCUT2D eigenvalue weighted by Gasteiger charge is -2.23. The number of benzene rings is 1. The molecule has 0 aromatic heterocycles. The molecule has 1 unspecified atom stereocenters. The van der Waals surface area contributed by atoms with Gasteiger partial charge in [-0.15, -0.1) is 24.0 Å². The zero-order valence-electron chi connectivity index (χ0n) is 15.6. The van der Waals surface area contributed by atoms with Crippen LogP contribution >= 0.6 is 39.9 Å². The Morgan fingerprint density at radius 2 is 2.15 bits per heavy atom. The van der Waals surface area contributed by atoms with E-state index in [1.807, 2.05) is 25.1 Å². The summed E-state index contributed by atoms with van der Waals surface area (Å²) in [6, 6.07) is 6.37. The predicted octanol–water partition coefficient (Wildman–Crippen LogP) is 2.96. The van der Waals surface area contributed by atoms with Crippen molar-refractivity contribution in [3.63, 3.8) is 0 Å². The number of likely N-dealkylation sites (N-methyl/N-ethyl adjacent to an activating group) is 1. The average molecular weight is 538 g/mol. The number of halogens is 2. The molecule has 1 aromatic carbocycles. The smallest absolute Gasteiger partial charge is 0.243 e. The molecular formula is C18H29BrIN5O. The van der Waals surface area contributed by atoms with Gasteiger partial charge in [-0.3, -0.25) is 14.7 Å². The fourth-order valence-electron chi connectivity index (χ4n) is 3.07. The lowest BCUT2D eigenvalue weighted by molar-refractivity contribution is -0.115. The first-order valence-corrected chi connectivity index (χ1v) is 9.57. The highest BCUT2D eigenvalue weighted by Gasteiger charge is 2.22. The standard InChI is InChI=1S/C18H28BrN5O.HI/c1-4-24-9-5-6-15(24)11-21-18(20-3)22-12-17(25)23-16-10-14(19)8-7-13(16)2;/h7-8,10,15H,4-6,9,11-12H2,1-3H3,(H,23,25)(H2,20,21,22);1H. The molecule has 0 saturated carbocycles. The van der Waals surface area contributed by atoms with Crippen molar-refractivity contribution < 1.29 is 4.79 Å². The van der Waals surface area contributed by atoms with E-state index in [2.05, 4.69) is 48.7 Å². The Balaban J connectivity index is 0.00000338. The molecule has 1 fully saturated rings. The Kier molecular flexibility index (Phi) is 10.5. The van der Waals surface area contributed by atoms with E-state index in [9.17, 15) is 4.79 Å². The monoisotopic (exact) mass is 537 g/mol. The number of carbonyl (C=O) groups is 1. The lowest BCUT2D eigenvalue weighted by atomic mass is 10.2. The van der Waals surface area contributed by atoms with Gasteiger partial charge in [0.05, 0.1) is 6.54 Å². The van der Waals surface area contributed by atoms with Crippen LogP contribution in [-0.4, -0.2) is 56.0 Å². The molecule has 1 aliphatic rings. The zero-order chi connectivity index (χ0) is 18.2. The topological polar surface area (TPSA) is 68.8 Å². The Bertz CT molecular complexity index is 626. The fourth-order valence-corrected chi connectivity index (χ4v) is 3.43. The second-order valence-corrected chi connectivity index (χ2v) is 7.15. The van der Waals surface area contributed by atoms with Crippen LogP contribution in [0.5, 0.6) is 0 Å². The highest BCUT2D eigenvalue weighted by Crippen LogP contribution is 2.20. The largest absolute Gasteiger partial charge is 0.355 e. The third kappa shape index (κ3) is 7.03. The highest BCUT2D eigenvalue weighted by molar-refractivity contribution is 14.0. The van der Waals surface area contributed by atoms with Gasteiger partial charge in [0.25, 0.3) is 0 Å². The highest BCUT2D eigenvalue weighted by atomic mass is 127. The molecule has 6 nitrogen and oxygen atoms in total. The van der Waals surface area contributed by atoms with Crippen molar-refractivity contribution in [2.24, 2.45) is 4.99 Å². The number of carbonyl (C=O) groups excluding carboxylic acids is 1. The third-order valence-corrected chi connectivity index (χ3v) is 5.02. The van der Waals surface area contributed by atoms with Gasteiger partial charge >= 0.3 is 0 Å². The maximum absolute atomic E-state index is 12.2. The molecule has 0 radical (unpaired) electrons. The van der Waals surface area contributed by atoms with Crippen LogP contribution in [0.25, 0.3) is 0 Å². The molecule has 1 atom stereocenters. The molecule has 1 amide bonds. The van der Waals surface area contributed by atoms with Crippen LogP contribution in [0.4, 0.5) is 5.69 Å². The van der Waals surface area contributed by atoms with Crippen LogP contribution in [0.15, 0.2) is 27.7 Å². The van der Waals surface area contributed by atoms with Gasteiger partial charge in [0.15, 0.2) is 5.96 Å². The quantitative estimate of drug-likeness (QED) is 0.296. The number of hydrogen-bond acceptors (Lipinski definition) is 3. The molecule has 0 bridgehead atoms. The number of hydrogen-bond donors (Lipinski definition) is 3. The number of aliphatic imine (C=N–C) groups is 1. The number of likely N-dealkylation sites (tertiary alicyclic amines) is 1. The summed E-state index contributed by atoms with van der Waals surface area (Å²) in [5.41, 5.74) is 1.84. The van der Waals surface area contributed by atoms with Crippen molar-refractivity contribution in [2.45, 2.75) is 32.7 Å². The van der Waals surface area contributed by atoms with Crippen molar-refractivity contribution in [3.05, 3.63) is 28.2 Å². The Labute approximate surface area is 181 Å². The fraction of sp³-hybridized carbons (Fsp3) is 0.556. The predicted molar refractivity (Wildman–Crippen MR) is 123 cm³/mol. The van der Waals surface area contributed by atoms with E-state index in [1.54, 1.807) is 7.05 Å². The van der Waals surface area contributed by atoms with Gasteiger partial charge in [0.1, 0.15) is 0 Å². The van der Waals surface area contributed by atoms with Crippen LogP contribution in [0.3, 0.4) is 0 Å². The SMILES string of the molecule is CCN1CCCC1CNC(=NC)NCC(=O)Nc1cc(Br)ccc1C.I. The third-order valence-electron chi connectivity index (χ3n) is 4.52. The summed E-state index contributed by atoms with van der Waals surface area (Å²) in [6.45, 7) is 7.43. The molecule has 0 aliphatic carbocycles. The molecule has 26 heavy (non-hydrogen) atoms. The van der Waals surface area contributed by atoms with Crippen LogP contribution in [-0.2, 0) is 4.79 Å². The summed E-state index contributed by atoms with van der Waals surface area (Å²) >= 11 is 3.42. The summed E-state index contributed by atoms with van der Waals surface area (Å²) < 4.78 is 0.941. The van der Waals surface area contributed by atoms with Crippen molar-refractivity contribution in [3.8, 4) is 0 Å². The average Bonchev–Trinajstić information content (AvgIpc) is 3.06. The molecule has 8 heteroatoms. The van der Waals surface area contributed by atoms with Gasteiger partial charge < -0.3 is 16.0 Å². The molecule has 1 saturated heterocycles. The van der Waals surface area contributed by atoms with Crippen LogP contribution < -0.4 is 16.0 Å². The minimum Gasteiger partial charge on any atom is -0.355 e. The number of anilines is 1. The lowest BCUT2D eigenvalue weighted by Crippen LogP contribution is -2.46. The zero-order valence-corrected chi connectivity index (χ0v) is 19.6. The first-order valence-electron chi connectivity index (χ1n) is 8.78. The van der Waals surface area contributed by atoms with E-state index in [4.69, 9.17) is 0 Å². The maximum atomic E-state index is 12.2. The minimum absolute atomic E-state index is 0. The van der Waals surface area contributed by atoms with E-state index in [1.165, 1.54) is 19.4 Å². The molecule has 1 heterocycles. The van der Waals surface area contributed by atoms with Gasteiger partial charge in [-0.05, 0) is 50.6 Å². The Morgan fingerprint density at radius 1 is 1.38 bits per heavy atom. The van der Waals surface area contributed by atoms with Crippen molar-refractivity contribution in [1.29, 1.82) is 0 Å². The second kappa shape index (κ2) is 11.8. The summed E-state index contributed by atoms with van der Waals surface area (Å²) in [5.74, 6) is 0.560. The molecule has 146 valence electrons. The summed E-state index contributed by atoms with van der Waals surface area (Å²) in [4.78, 5) is 18.8. The van der Waals surface area contributed by atoms with E-state index < -0.39 is 0 Å². The van der Waals surface area contributed by atoms with Gasteiger partial charge in [-0.25, -0.2) is 0 Å². The Morgan fingerprint density at radius 3 is 2.85 bits per heavy atom. The summed E-state index contributed by atoms with van der Waals surface area (Å²) in [6.07, 6.45) is 2.46. The first kappa shape index (κ1) is 23.2. The van der Waals surface area contributed by atoms with Crippen LogP contribution in [0, 0.1) is 6.92 Å². The van der Waals surface area contributed by atoms with Crippen LogP contribution in [0.2, 0.25) is 0 Å². The molecule has 0 spiro atoms. The molecule has 1 aliphatic heterocycles. The van der Waals surface area contributed by atoms with E-state index in [0.717, 1.165) is 28.8 Å². The number of guanidine groups is 1. The Hall–Kier alpha value is -0.870. The number of aryl methyl sites for hydroxylation is 1. The van der Waals surface area contributed by atoms with Crippen molar-refractivity contribution in [1.82, 2.24) is 15.5 Å². The van der Waals surface area contributed by atoms with E-state index in [-0.39, 0.29) is 36.4 Å². The number of amides is 1. The first-order chi connectivity index (χ1) is 12.0. The number of nitrogens with zero attached hydrogens (tertiary/aromatic N) is 2. The van der Waals surface area contributed by atoms with Crippen molar-refractivity contribution in [2.75, 3.05) is 38.5 Å². The van der Waals surface area contributed by atoms with Crippen molar-refractivity contribution >= 4 is 57.5 Å². The molecular weight excluding hydrogens is 509 g/mol. The van der Waals surface area contributed by atoms with E-state index in [0.29, 0.717) is 12.0 Å². The molecule has 3 N–H and O–H groups in total.